The summed E-state index contributed by atoms with van der Waals surface area (Å²) in [6, 6.07) is 22.8. The molecule has 7 rings (SSSR count). The van der Waals surface area contributed by atoms with Gasteiger partial charge in [-0.05, 0) is 65.2 Å². The minimum atomic E-state index is -1.43. The van der Waals surface area contributed by atoms with E-state index in [1.165, 1.54) is 13.2 Å². The Hall–Kier alpha value is -5.24. The molecule has 0 unspecified atom stereocenters. The first kappa shape index (κ1) is 24.8. The molecule has 0 saturated carbocycles. The minimum absolute atomic E-state index is 0.0756. The fourth-order valence-corrected chi connectivity index (χ4v) is 6.76. The number of carbonyl (C=O) groups is 4. The smallest absolute Gasteiger partial charge is 0.308 e. The lowest BCUT2D eigenvalue weighted by Gasteiger charge is -2.38. The van der Waals surface area contributed by atoms with Crippen LogP contribution in [0.3, 0.4) is 0 Å². The highest BCUT2D eigenvalue weighted by atomic mass is 16.5. The quantitative estimate of drug-likeness (QED) is 0.210. The van der Waals surface area contributed by atoms with Gasteiger partial charge in [-0.2, -0.15) is 0 Å². The second-order valence-electron chi connectivity index (χ2n) is 10.4. The molecule has 8 heteroatoms. The number of esters is 1. The van der Waals surface area contributed by atoms with Gasteiger partial charge in [-0.15, -0.1) is 0 Å². The monoisotopic (exact) mass is 544 g/mol. The first-order valence-electron chi connectivity index (χ1n) is 13.3. The second kappa shape index (κ2) is 9.16. The molecule has 8 nitrogen and oxygen atoms in total. The molecule has 1 spiro atoms. The third-order valence-corrected chi connectivity index (χ3v) is 8.29. The first-order valence-corrected chi connectivity index (χ1v) is 13.3. The van der Waals surface area contributed by atoms with Crippen molar-refractivity contribution >= 4 is 35.2 Å². The number of para-hydroxylation sites is 1. The number of fused-ring (bicyclic) bond motifs is 6. The summed E-state index contributed by atoms with van der Waals surface area (Å²) in [4.78, 5) is 56.6. The minimum Gasteiger partial charge on any atom is -0.461 e. The van der Waals surface area contributed by atoms with Gasteiger partial charge in [-0.25, -0.2) is 0 Å². The molecule has 1 aromatic heterocycles. The van der Waals surface area contributed by atoms with Gasteiger partial charge in [0.1, 0.15) is 17.2 Å². The van der Waals surface area contributed by atoms with E-state index < -0.39 is 35.2 Å². The summed E-state index contributed by atoms with van der Waals surface area (Å²) in [6.07, 6.45) is 5.13. The number of hydrogen-bond donors (Lipinski definition) is 1. The SMILES string of the molecule is CC(=O)Oc1ccc(C(=O)[C@@H]2[C@@H](C(=O)c3ccco3)[C@@]3(C(=O)Nc4ccccc43)[C@H]3c4ccccc4C=CN23)cc1. The zero-order valence-corrected chi connectivity index (χ0v) is 21.9. The van der Waals surface area contributed by atoms with Crippen LogP contribution in [0.1, 0.15) is 50.6 Å². The Morgan fingerprint density at radius 2 is 1.66 bits per heavy atom. The number of furan rings is 1. The number of hydrogen-bond acceptors (Lipinski definition) is 7. The summed E-state index contributed by atoms with van der Waals surface area (Å²) in [6.45, 7) is 1.30. The summed E-state index contributed by atoms with van der Waals surface area (Å²) in [5, 5.41) is 3.02. The molecule has 4 aromatic rings. The van der Waals surface area contributed by atoms with Gasteiger partial charge in [0.15, 0.2) is 11.5 Å². The van der Waals surface area contributed by atoms with Crippen molar-refractivity contribution in [3.63, 3.8) is 0 Å². The van der Waals surface area contributed by atoms with E-state index in [-0.39, 0.29) is 17.5 Å². The Morgan fingerprint density at radius 3 is 2.41 bits per heavy atom. The van der Waals surface area contributed by atoms with Crippen LogP contribution in [0.4, 0.5) is 5.69 Å². The van der Waals surface area contributed by atoms with Gasteiger partial charge in [0.05, 0.1) is 18.2 Å². The Kier molecular flexibility index (Phi) is 5.54. The Morgan fingerprint density at radius 1 is 0.902 bits per heavy atom. The third kappa shape index (κ3) is 3.53. The second-order valence-corrected chi connectivity index (χ2v) is 10.4. The number of rotatable bonds is 5. The molecule has 1 fully saturated rings. The van der Waals surface area contributed by atoms with Gasteiger partial charge in [-0.3, -0.25) is 19.2 Å². The van der Waals surface area contributed by atoms with Crippen molar-refractivity contribution in [2.45, 2.75) is 24.4 Å². The highest BCUT2D eigenvalue weighted by Crippen LogP contribution is 2.62. The molecule has 1 saturated heterocycles. The average Bonchev–Trinajstić information content (AvgIpc) is 3.69. The van der Waals surface area contributed by atoms with Crippen molar-refractivity contribution in [3.8, 4) is 5.75 Å². The van der Waals surface area contributed by atoms with Crippen LogP contribution >= 0.6 is 0 Å². The van der Waals surface area contributed by atoms with Crippen molar-refractivity contribution in [1.29, 1.82) is 0 Å². The average molecular weight is 545 g/mol. The van der Waals surface area contributed by atoms with Gasteiger partial charge in [-0.1, -0.05) is 42.5 Å². The van der Waals surface area contributed by atoms with E-state index >= 15 is 0 Å². The standard InChI is InChI=1S/C33H24N2O6/c1-19(36)41-22-14-12-21(13-15-22)29(37)28-27(30(38)26-11-6-18-40-26)33(24-9-4-5-10-25(24)34-32(33)39)31-23-8-3-2-7-20(23)16-17-35(28)31/h2-18,27-28,31H,1H3,(H,34,39)/t27-,28-,31+,33+/m0/s1. The Labute approximate surface area is 235 Å². The number of nitrogens with zero attached hydrogens (tertiary/aromatic N) is 1. The molecule has 4 atom stereocenters. The lowest BCUT2D eigenvalue weighted by Crippen LogP contribution is -2.49. The molecule has 0 bridgehead atoms. The predicted molar refractivity (Wildman–Crippen MR) is 149 cm³/mol. The molecule has 4 heterocycles. The number of ketones is 2. The molecule has 41 heavy (non-hydrogen) atoms. The van der Waals surface area contributed by atoms with Gasteiger partial charge < -0.3 is 19.4 Å². The van der Waals surface area contributed by atoms with Crippen molar-refractivity contribution in [3.05, 3.63) is 125 Å². The number of nitrogens with one attached hydrogen (secondary N) is 1. The maximum absolute atomic E-state index is 14.5. The van der Waals surface area contributed by atoms with Crippen LogP contribution in [-0.2, 0) is 15.0 Å². The van der Waals surface area contributed by atoms with Crippen LogP contribution in [0.5, 0.6) is 5.75 Å². The van der Waals surface area contributed by atoms with Crippen LogP contribution in [0, 0.1) is 5.92 Å². The molecule has 3 aliphatic heterocycles. The van der Waals surface area contributed by atoms with E-state index in [9.17, 15) is 19.2 Å². The summed E-state index contributed by atoms with van der Waals surface area (Å²) >= 11 is 0. The maximum atomic E-state index is 14.5. The van der Waals surface area contributed by atoms with Crippen LogP contribution in [0.2, 0.25) is 0 Å². The van der Waals surface area contributed by atoms with E-state index in [4.69, 9.17) is 9.15 Å². The Bertz CT molecular complexity index is 1760. The molecule has 1 N–H and O–H groups in total. The van der Waals surface area contributed by atoms with Crippen LogP contribution in [0.25, 0.3) is 6.08 Å². The Balaban J connectivity index is 1.47. The van der Waals surface area contributed by atoms with Gasteiger partial charge >= 0.3 is 5.97 Å². The van der Waals surface area contributed by atoms with Crippen LogP contribution in [0.15, 0.2) is 102 Å². The molecule has 202 valence electrons. The lowest BCUT2D eigenvalue weighted by atomic mass is 9.63. The van der Waals surface area contributed by atoms with E-state index in [0.717, 1.165) is 11.1 Å². The van der Waals surface area contributed by atoms with Crippen LogP contribution in [-0.4, -0.2) is 34.4 Å². The number of benzene rings is 3. The van der Waals surface area contributed by atoms with E-state index in [1.807, 2.05) is 65.7 Å². The summed E-state index contributed by atoms with van der Waals surface area (Å²) in [5.74, 6) is -2.34. The number of ether oxygens (including phenoxy) is 1. The first-order chi connectivity index (χ1) is 19.9. The zero-order valence-electron chi connectivity index (χ0n) is 21.9. The molecule has 3 aromatic carbocycles. The number of carbonyl (C=O) groups excluding carboxylic acids is 4. The molecule has 0 radical (unpaired) electrons. The summed E-state index contributed by atoms with van der Waals surface area (Å²) in [5.41, 5.74) is 1.92. The van der Waals surface area contributed by atoms with E-state index in [1.54, 1.807) is 36.4 Å². The lowest BCUT2D eigenvalue weighted by molar-refractivity contribution is -0.131. The van der Waals surface area contributed by atoms with Gasteiger partial charge in [0.2, 0.25) is 11.7 Å². The normalized spacial score (nSPS) is 23.5. The predicted octanol–water partition coefficient (Wildman–Crippen LogP) is 5.19. The number of anilines is 1. The zero-order chi connectivity index (χ0) is 28.3. The molecule has 1 amide bonds. The largest absolute Gasteiger partial charge is 0.461 e. The van der Waals surface area contributed by atoms with Gasteiger partial charge in [0.25, 0.3) is 0 Å². The van der Waals surface area contributed by atoms with Crippen molar-refractivity contribution in [1.82, 2.24) is 4.90 Å². The van der Waals surface area contributed by atoms with Crippen LogP contribution < -0.4 is 10.1 Å². The van der Waals surface area contributed by atoms with Gasteiger partial charge in [0, 0.05) is 24.4 Å². The number of Topliss-reactive ketones (excluding diaryl/α,β-unsaturated/α-hetero) is 2. The third-order valence-electron chi connectivity index (χ3n) is 8.29. The molecule has 0 aliphatic carbocycles. The highest BCUT2D eigenvalue weighted by molar-refractivity contribution is 6.16. The molecular weight excluding hydrogens is 520 g/mol. The van der Waals surface area contributed by atoms with Crippen molar-refractivity contribution in [2.75, 3.05) is 5.32 Å². The topological polar surface area (TPSA) is 106 Å². The molecule has 3 aliphatic rings. The fraction of sp³-hybridized carbons (Fsp3) is 0.152. The maximum Gasteiger partial charge on any atom is 0.308 e. The van der Waals surface area contributed by atoms with E-state index in [0.29, 0.717) is 22.6 Å². The van der Waals surface area contributed by atoms with Crippen molar-refractivity contribution in [2.24, 2.45) is 5.92 Å². The number of amides is 1. The fourth-order valence-electron chi connectivity index (χ4n) is 6.76. The summed E-state index contributed by atoms with van der Waals surface area (Å²) in [7, 11) is 0. The molecular formula is C33H24N2O6. The summed E-state index contributed by atoms with van der Waals surface area (Å²) < 4.78 is 10.7. The van der Waals surface area contributed by atoms with E-state index in [2.05, 4.69) is 5.32 Å². The highest BCUT2D eigenvalue weighted by Gasteiger charge is 2.71. The van der Waals surface area contributed by atoms with Crippen molar-refractivity contribution < 1.29 is 28.3 Å².